The predicted octanol–water partition coefficient (Wildman–Crippen LogP) is 17.1. The summed E-state index contributed by atoms with van der Waals surface area (Å²) in [6, 6.07) is 39.4. The fraction of sp³-hybridized carbons (Fsp3) is 0.385. The van der Waals surface area contributed by atoms with Crippen LogP contribution < -0.4 is 10.1 Å². The Morgan fingerprint density at radius 1 is 0.598 bits per heavy atom. The molecular weight excluding hydrogens is 1240 g/mol. The van der Waals surface area contributed by atoms with Gasteiger partial charge in [0.25, 0.3) is 0 Å². The number of hydrogen-bond acceptors (Lipinski definition) is 10. The maximum absolute atomic E-state index is 12.9. The van der Waals surface area contributed by atoms with Gasteiger partial charge in [0.15, 0.2) is 5.78 Å². The highest BCUT2D eigenvalue weighted by Gasteiger charge is 2.33. The number of aromatic hydroxyl groups is 1. The Kier molecular flexibility index (Phi) is 25.4. The topological polar surface area (TPSA) is 141 Å². The highest BCUT2D eigenvalue weighted by molar-refractivity contribution is 9.10. The van der Waals surface area contributed by atoms with Crippen molar-refractivity contribution < 1.29 is 34.3 Å². The molecule has 82 heavy (non-hydrogen) atoms. The van der Waals surface area contributed by atoms with Crippen molar-refractivity contribution in [1.82, 2.24) is 5.32 Å². The Morgan fingerprint density at radius 3 is 1.49 bits per heavy atom. The van der Waals surface area contributed by atoms with Crippen LogP contribution in [0.3, 0.4) is 0 Å². The first-order valence-electron chi connectivity index (χ1n) is 28.0. The number of hydrogen-bond donors (Lipinski definition) is 4. The average Bonchev–Trinajstić information content (AvgIpc) is 4.45. The predicted molar refractivity (Wildman–Crippen MR) is 347 cm³/mol. The van der Waals surface area contributed by atoms with Gasteiger partial charge in [-0.15, -0.1) is 34.0 Å². The lowest BCUT2D eigenvalue weighted by Gasteiger charge is -2.17. The third-order valence-corrected chi connectivity index (χ3v) is 20.8. The van der Waals surface area contributed by atoms with Crippen molar-refractivity contribution in [3.05, 3.63) is 172 Å². The van der Waals surface area contributed by atoms with Crippen molar-refractivity contribution >= 4 is 131 Å². The molecule has 0 saturated heterocycles. The van der Waals surface area contributed by atoms with Crippen LogP contribution in [0.5, 0.6) is 5.75 Å². The summed E-state index contributed by atoms with van der Waals surface area (Å²) in [6.07, 6.45) is 13.0. The molecule has 3 aliphatic rings. The second-order valence-electron chi connectivity index (χ2n) is 22.0. The van der Waals surface area contributed by atoms with Crippen LogP contribution in [0, 0.1) is 42.4 Å². The molecule has 10 rings (SSSR count). The lowest BCUT2D eigenvalue weighted by atomic mass is 9.90. The van der Waals surface area contributed by atoms with Gasteiger partial charge >= 0.3 is 7.12 Å². The Morgan fingerprint density at radius 2 is 1.05 bits per heavy atom. The summed E-state index contributed by atoms with van der Waals surface area (Å²) in [7, 11) is -1.39. The molecule has 4 N–H and O–H groups in total. The first-order valence-corrected chi connectivity index (χ1v) is 32.8. The number of carbonyl (C=O) groups excluding carboxylic acids is 4. The summed E-state index contributed by atoms with van der Waals surface area (Å²) in [5.41, 5.74) is 7.87. The van der Waals surface area contributed by atoms with E-state index in [0.717, 1.165) is 89.1 Å². The van der Waals surface area contributed by atoms with E-state index in [9.17, 15) is 24.3 Å². The van der Waals surface area contributed by atoms with Crippen molar-refractivity contribution in [2.45, 2.75) is 124 Å². The Hall–Kier alpha value is -4.12. The number of phenols is 1. The lowest BCUT2D eigenvalue weighted by Crippen LogP contribution is -2.41. The van der Waals surface area contributed by atoms with Gasteiger partial charge in [-0.2, -0.15) is 0 Å². The monoisotopic (exact) mass is 1300 g/mol. The summed E-state index contributed by atoms with van der Waals surface area (Å²) in [5.74, 6) is 3.09. The molecule has 4 aromatic carbocycles. The van der Waals surface area contributed by atoms with E-state index in [4.69, 9.17) is 56.5 Å². The molecule has 0 spiro atoms. The number of benzene rings is 4. The number of ketones is 3. The molecule has 0 radical (unpaired) electrons. The van der Waals surface area contributed by atoms with Crippen molar-refractivity contribution in [3.63, 3.8) is 0 Å². The largest absolute Gasteiger partial charge is 0.507 e. The van der Waals surface area contributed by atoms with Crippen molar-refractivity contribution in [3.8, 4) is 26.6 Å². The summed E-state index contributed by atoms with van der Waals surface area (Å²) in [5, 5.41) is 30.8. The fourth-order valence-electron chi connectivity index (χ4n) is 11.5. The number of aryl methyl sites for hydroxylation is 2. The molecule has 3 heterocycles. The van der Waals surface area contributed by atoms with Crippen LogP contribution in [0.25, 0.3) is 20.9 Å². The van der Waals surface area contributed by atoms with E-state index in [1.807, 2.05) is 24.3 Å². The second kappa shape index (κ2) is 31.9. The third kappa shape index (κ3) is 19.5. The molecular formula is C65H71BBrCl4NO7S3. The van der Waals surface area contributed by atoms with Crippen LogP contribution in [0.1, 0.15) is 113 Å². The minimum atomic E-state index is -1.39. The normalized spacial score (nSPS) is 19.4. The Bertz CT molecular complexity index is 3270. The van der Waals surface area contributed by atoms with Crippen molar-refractivity contribution in [2.75, 3.05) is 0 Å². The van der Waals surface area contributed by atoms with Crippen LogP contribution in [-0.2, 0) is 44.9 Å². The lowest BCUT2D eigenvalue weighted by molar-refractivity contribution is -0.129. The molecule has 0 aliphatic heterocycles. The van der Waals surface area contributed by atoms with Gasteiger partial charge in [0.2, 0.25) is 5.91 Å². The molecule has 0 unspecified atom stereocenters. The maximum Gasteiger partial charge on any atom is 0.499 e. The average molecular weight is 1310 g/mol. The molecule has 8 nitrogen and oxygen atoms in total. The molecule has 7 atom stereocenters. The fourth-order valence-corrected chi connectivity index (χ4v) is 15.4. The van der Waals surface area contributed by atoms with E-state index in [2.05, 4.69) is 94.0 Å². The highest BCUT2D eigenvalue weighted by Crippen LogP contribution is 2.41. The number of thiophene rings is 3. The quantitative estimate of drug-likeness (QED) is 0.0666. The number of phenolic OH excluding ortho intramolecular Hbond substituents is 1. The Balaban J connectivity index is 0.000000177. The maximum atomic E-state index is 12.9. The summed E-state index contributed by atoms with van der Waals surface area (Å²) < 4.78 is 3.84. The van der Waals surface area contributed by atoms with Gasteiger partial charge in [-0.1, -0.05) is 135 Å². The minimum absolute atomic E-state index is 0.0434. The molecule has 17 heteroatoms. The molecule has 3 aromatic heterocycles. The molecule has 3 aliphatic carbocycles. The molecule has 0 bridgehead atoms. The second-order valence-corrected chi connectivity index (χ2v) is 28.5. The molecule has 3 saturated carbocycles. The standard InChI is InChI=1S/C29H31Cl2NO3S.C18H19ClOS.C14H17BrO.C4H4BClO2S/c1-17-13-23(30)16-21(28(17)34)9-10-25(33)18(2)32-29(35)22-8-7-19(15-22)14-20-5-3-4-6-24(20)26-11-12-27(31)36-26;1-12(20)14-7-6-13(10-14)11-15-4-2-3-5-16(15)17-8-9-18(19)21-17;1-10(16)12-7-6-11(8-12)9-13-4-2-3-5-14(13)15;6-4-2-1-3(9-4)5(7)8/h3-6,11-13,16,18-19,22,34H,7-10,14-15H2,1-2H3,(H,32,35);2-5,8-9,13-14H,6-7,10-11H2,1H3;2-5,11-12H,6-9H2,1H3;1-2,7-8H/t18-,19-,22+;13-,14-;11-,12-;/m011./s1. The number of Topliss-reactive ketones (excluding diaryl/α,β-unsaturated/α-hetero) is 3. The zero-order valence-electron chi connectivity index (χ0n) is 46.7. The van der Waals surface area contributed by atoms with Crippen LogP contribution in [-0.4, -0.2) is 51.6 Å². The van der Waals surface area contributed by atoms with Gasteiger partial charge in [0, 0.05) is 48.2 Å². The van der Waals surface area contributed by atoms with Gasteiger partial charge in [0.1, 0.15) is 17.3 Å². The molecule has 434 valence electrons. The summed E-state index contributed by atoms with van der Waals surface area (Å²) in [4.78, 5) is 50.8. The Labute approximate surface area is 524 Å². The molecule has 7 aromatic rings. The van der Waals surface area contributed by atoms with E-state index in [-0.39, 0.29) is 29.8 Å². The highest BCUT2D eigenvalue weighted by atomic mass is 79.9. The number of halogens is 5. The SMILES string of the molecule is CC(=O)[C@@H]1CC[C@@H](Cc2ccccc2-c2ccc(Cl)s2)C1.CC(=O)[C@@H]1CC[C@@H](Cc2ccccc2Br)C1.Cc1cc(Cl)cc(CCC(=O)[C@H](C)NC(=O)[C@@H]2CC[C@@H](Cc3ccccc3-c3ccc(Cl)s3)C2)c1O.OB(O)c1ccc(Cl)s1. The molecule has 3 fully saturated rings. The third-order valence-electron chi connectivity index (χ3n) is 16.0. The summed E-state index contributed by atoms with van der Waals surface area (Å²) in [6.45, 7) is 6.97. The van der Waals surface area contributed by atoms with Gasteiger partial charge in [-0.05, 0) is 216 Å². The number of nitrogens with one attached hydrogen (secondary N) is 1. The molecule has 1 amide bonds. The minimum Gasteiger partial charge on any atom is -0.507 e. The smallest absolute Gasteiger partial charge is 0.499 e. The van der Waals surface area contributed by atoms with Crippen LogP contribution in [0.15, 0.2) is 126 Å². The van der Waals surface area contributed by atoms with E-state index >= 15 is 0 Å². The van der Waals surface area contributed by atoms with Gasteiger partial charge in [-0.25, -0.2) is 0 Å². The first-order chi connectivity index (χ1) is 39.2. The van der Waals surface area contributed by atoms with E-state index in [0.29, 0.717) is 72.8 Å². The zero-order valence-corrected chi connectivity index (χ0v) is 53.7. The first kappa shape index (κ1) is 65.4. The summed E-state index contributed by atoms with van der Waals surface area (Å²) >= 11 is 31.8. The van der Waals surface area contributed by atoms with E-state index in [1.165, 1.54) is 50.0 Å². The van der Waals surface area contributed by atoms with Crippen molar-refractivity contribution in [1.29, 1.82) is 0 Å². The number of rotatable bonds is 17. The van der Waals surface area contributed by atoms with Crippen LogP contribution in [0.4, 0.5) is 0 Å². The van der Waals surface area contributed by atoms with E-state index < -0.39 is 13.2 Å². The van der Waals surface area contributed by atoms with Gasteiger partial charge in [0.05, 0.1) is 19.1 Å². The van der Waals surface area contributed by atoms with Crippen molar-refractivity contribution in [2.24, 2.45) is 35.5 Å². The van der Waals surface area contributed by atoms with Crippen LogP contribution >= 0.6 is 96.3 Å². The number of amides is 1. The van der Waals surface area contributed by atoms with Crippen LogP contribution in [0.2, 0.25) is 18.0 Å². The van der Waals surface area contributed by atoms with Gasteiger partial charge < -0.3 is 20.5 Å². The number of carbonyl (C=O) groups is 4. The zero-order chi connectivity index (χ0) is 59.0. The van der Waals surface area contributed by atoms with E-state index in [1.54, 1.807) is 74.6 Å². The van der Waals surface area contributed by atoms with Gasteiger partial charge in [-0.3, -0.25) is 19.2 Å².